The predicted octanol–water partition coefficient (Wildman–Crippen LogP) is 0.0241. The summed E-state index contributed by atoms with van der Waals surface area (Å²) in [4.78, 5) is 24.1. The van der Waals surface area contributed by atoms with E-state index in [0.29, 0.717) is 0 Å². The third kappa shape index (κ3) is 1.56. The second-order valence-corrected chi connectivity index (χ2v) is 4.05. The van der Waals surface area contributed by atoms with E-state index in [9.17, 15) is 9.59 Å². The van der Waals surface area contributed by atoms with Gasteiger partial charge in [0.25, 0.3) is 0 Å². The summed E-state index contributed by atoms with van der Waals surface area (Å²) in [6.07, 6.45) is 3.41. The molecule has 1 saturated heterocycles. The molecule has 1 N–H and O–H groups in total. The molecule has 16 heavy (non-hydrogen) atoms. The molecule has 1 aromatic heterocycles. The third-order valence-corrected chi connectivity index (χ3v) is 2.97. The van der Waals surface area contributed by atoms with Gasteiger partial charge in [-0.1, -0.05) is 0 Å². The van der Waals surface area contributed by atoms with Gasteiger partial charge in [-0.25, -0.2) is 0 Å². The maximum atomic E-state index is 11.5. The van der Waals surface area contributed by atoms with E-state index < -0.39 is 17.9 Å². The number of likely N-dealkylation sites (tertiary alicyclic amines) is 1. The van der Waals surface area contributed by atoms with Crippen molar-refractivity contribution in [3.05, 3.63) is 18.0 Å². The molecule has 86 valence electrons. The Kier molecular flexibility index (Phi) is 2.41. The molecular formula is C10H13N3O3. The normalized spacial score (nSPS) is 25.1. The van der Waals surface area contributed by atoms with Gasteiger partial charge in [-0.2, -0.15) is 5.10 Å². The highest BCUT2D eigenvalue weighted by Gasteiger charge is 2.43. The van der Waals surface area contributed by atoms with E-state index >= 15 is 0 Å². The van der Waals surface area contributed by atoms with Crippen LogP contribution in [0.4, 0.5) is 0 Å². The highest BCUT2D eigenvalue weighted by Crippen LogP contribution is 2.36. The van der Waals surface area contributed by atoms with Crippen molar-refractivity contribution in [2.75, 3.05) is 7.05 Å². The van der Waals surface area contributed by atoms with Crippen LogP contribution in [0.2, 0.25) is 0 Å². The third-order valence-electron chi connectivity index (χ3n) is 2.97. The number of carboxylic acid groups (broad SMARTS) is 1. The Bertz CT molecular complexity index is 440. The summed E-state index contributed by atoms with van der Waals surface area (Å²) in [5.41, 5.74) is 0.767. The minimum atomic E-state index is -0.938. The molecule has 1 fully saturated rings. The van der Waals surface area contributed by atoms with E-state index in [-0.39, 0.29) is 12.3 Å². The standard InChI is InChI=1S/C10H13N3O3/c1-12-5-6(4-11-12)9-7(10(15)16)3-8(14)13(9)2/h4-5,7,9H,3H2,1-2H3,(H,15,16)/t7-,9+/m1/s1. The largest absolute Gasteiger partial charge is 0.481 e. The lowest BCUT2D eigenvalue weighted by molar-refractivity contribution is -0.142. The van der Waals surface area contributed by atoms with Gasteiger partial charge in [0.2, 0.25) is 5.91 Å². The SMILES string of the molecule is CN1C(=O)C[C@@H](C(=O)O)[C@@H]1c1cnn(C)c1. The average molecular weight is 223 g/mol. The fourth-order valence-corrected chi connectivity index (χ4v) is 2.14. The van der Waals surface area contributed by atoms with E-state index in [4.69, 9.17) is 5.11 Å². The number of aromatic nitrogens is 2. The second kappa shape index (κ2) is 3.62. The minimum Gasteiger partial charge on any atom is -0.481 e. The van der Waals surface area contributed by atoms with Crippen molar-refractivity contribution < 1.29 is 14.7 Å². The first-order valence-corrected chi connectivity index (χ1v) is 4.97. The van der Waals surface area contributed by atoms with Crippen molar-refractivity contribution in [2.45, 2.75) is 12.5 Å². The highest BCUT2D eigenvalue weighted by atomic mass is 16.4. The van der Waals surface area contributed by atoms with E-state index in [1.165, 1.54) is 4.90 Å². The highest BCUT2D eigenvalue weighted by molar-refractivity contribution is 5.87. The van der Waals surface area contributed by atoms with E-state index in [1.807, 2.05) is 0 Å². The molecule has 1 amide bonds. The zero-order valence-electron chi connectivity index (χ0n) is 9.12. The van der Waals surface area contributed by atoms with Crippen LogP contribution in [-0.2, 0) is 16.6 Å². The number of hydrogen-bond donors (Lipinski definition) is 1. The topological polar surface area (TPSA) is 75.4 Å². The first-order valence-electron chi connectivity index (χ1n) is 4.97. The summed E-state index contributed by atoms with van der Waals surface area (Å²) >= 11 is 0. The van der Waals surface area contributed by atoms with Gasteiger partial charge in [-0.3, -0.25) is 14.3 Å². The molecule has 0 aliphatic carbocycles. The van der Waals surface area contributed by atoms with Crippen molar-refractivity contribution in [3.63, 3.8) is 0 Å². The molecule has 0 aromatic carbocycles. The van der Waals surface area contributed by atoms with Crippen LogP contribution in [-0.4, -0.2) is 38.7 Å². The van der Waals surface area contributed by atoms with Crippen molar-refractivity contribution in [2.24, 2.45) is 13.0 Å². The molecule has 1 aromatic rings. The van der Waals surface area contributed by atoms with Gasteiger partial charge in [0.1, 0.15) is 0 Å². The van der Waals surface area contributed by atoms with E-state index in [1.54, 1.807) is 31.2 Å². The Hall–Kier alpha value is -1.85. The molecule has 0 radical (unpaired) electrons. The maximum Gasteiger partial charge on any atom is 0.309 e. The number of amides is 1. The smallest absolute Gasteiger partial charge is 0.309 e. The van der Waals surface area contributed by atoms with Crippen molar-refractivity contribution >= 4 is 11.9 Å². The van der Waals surface area contributed by atoms with E-state index in [2.05, 4.69) is 5.10 Å². The Morgan fingerprint density at radius 1 is 1.56 bits per heavy atom. The number of carbonyl (C=O) groups excluding carboxylic acids is 1. The fraction of sp³-hybridized carbons (Fsp3) is 0.500. The van der Waals surface area contributed by atoms with Gasteiger partial charge in [-0.05, 0) is 0 Å². The molecular weight excluding hydrogens is 210 g/mol. The van der Waals surface area contributed by atoms with Crippen LogP contribution in [0.5, 0.6) is 0 Å². The lowest BCUT2D eigenvalue weighted by Crippen LogP contribution is -2.26. The Labute approximate surface area is 92.5 Å². The van der Waals surface area contributed by atoms with Crippen LogP contribution in [0.3, 0.4) is 0 Å². The molecule has 1 aliphatic rings. The lowest BCUT2D eigenvalue weighted by Gasteiger charge is -2.21. The van der Waals surface area contributed by atoms with Gasteiger partial charge in [0.05, 0.1) is 18.2 Å². The zero-order valence-corrected chi connectivity index (χ0v) is 9.12. The van der Waals surface area contributed by atoms with Gasteiger partial charge >= 0.3 is 5.97 Å². The van der Waals surface area contributed by atoms with Gasteiger partial charge < -0.3 is 10.0 Å². The fourth-order valence-electron chi connectivity index (χ4n) is 2.14. The van der Waals surface area contributed by atoms with Crippen molar-refractivity contribution in [1.82, 2.24) is 14.7 Å². The molecule has 1 aliphatic heterocycles. The lowest BCUT2D eigenvalue weighted by atomic mass is 9.96. The van der Waals surface area contributed by atoms with Crippen molar-refractivity contribution in [1.29, 1.82) is 0 Å². The number of aliphatic carboxylic acids is 1. The van der Waals surface area contributed by atoms with Crippen LogP contribution in [0.1, 0.15) is 18.0 Å². The van der Waals surface area contributed by atoms with Crippen molar-refractivity contribution in [3.8, 4) is 0 Å². The molecule has 0 saturated carbocycles. The Morgan fingerprint density at radius 2 is 2.25 bits per heavy atom. The minimum absolute atomic E-state index is 0.0609. The Morgan fingerprint density at radius 3 is 2.75 bits per heavy atom. The van der Waals surface area contributed by atoms with Crippen LogP contribution in [0.25, 0.3) is 0 Å². The summed E-state index contributed by atoms with van der Waals surface area (Å²) in [5.74, 6) is -1.76. The summed E-state index contributed by atoms with van der Waals surface area (Å²) in [7, 11) is 3.39. The number of hydrogen-bond acceptors (Lipinski definition) is 3. The quantitative estimate of drug-likeness (QED) is 0.767. The average Bonchev–Trinajstić information content (AvgIpc) is 2.73. The molecule has 6 nitrogen and oxygen atoms in total. The predicted molar refractivity (Wildman–Crippen MR) is 54.5 cm³/mol. The van der Waals surface area contributed by atoms with Crippen LogP contribution >= 0.6 is 0 Å². The summed E-state index contributed by atoms with van der Waals surface area (Å²) < 4.78 is 1.60. The van der Waals surface area contributed by atoms with Crippen LogP contribution in [0, 0.1) is 5.92 Å². The number of rotatable bonds is 2. The summed E-state index contributed by atoms with van der Waals surface area (Å²) in [5, 5.41) is 13.1. The molecule has 0 bridgehead atoms. The molecule has 0 unspecified atom stereocenters. The first-order chi connectivity index (χ1) is 7.50. The maximum absolute atomic E-state index is 11.5. The van der Waals surface area contributed by atoms with Crippen LogP contribution < -0.4 is 0 Å². The number of aryl methyl sites for hydroxylation is 1. The Balaban J connectivity index is 2.36. The van der Waals surface area contributed by atoms with Crippen LogP contribution in [0.15, 0.2) is 12.4 Å². The van der Waals surface area contributed by atoms with Gasteiger partial charge in [0, 0.05) is 32.3 Å². The second-order valence-electron chi connectivity index (χ2n) is 4.05. The summed E-state index contributed by atoms with van der Waals surface area (Å²) in [6.45, 7) is 0. The molecule has 0 spiro atoms. The summed E-state index contributed by atoms with van der Waals surface area (Å²) in [6, 6.07) is -0.404. The van der Waals surface area contributed by atoms with Gasteiger partial charge in [0.15, 0.2) is 0 Å². The molecule has 2 atom stereocenters. The molecule has 2 rings (SSSR count). The number of carboxylic acids is 1. The number of nitrogens with zero attached hydrogens (tertiary/aromatic N) is 3. The monoisotopic (exact) mass is 223 g/mol. The zero-order chi connectivity index (χ0) is 11.9. The van der Waals surface area contributed by atoms with Gasteiger partial charge in [-0.15, -0.1) is 0 Å². The number of carbonyl (C=O) groups is 2. The molecule has 2 heterocycles. The molecule has 6 heteroatoms. The van der Waals surface area contributed by atoms with E-state index in [0.717, 1.165) is 5.56 Å². The first kappa shape index (κ1) is 10.7.